The van der Waals surface area contributed by atoms with Gasteiger partial charge >= 0.3 is 5.97 Å². The van der Waals surface area contributed by atoms with Gasteiger partial charge in [-0.25, -0.2) is 9.78 Å². The summed E-state index contributed by atoms with van der Waals surface area (Å²) in [6.07, 6.45) is 1.32. The number of rotatable bonds is 4. The minimum Gasteiger partial charge on any atom is -0.464 e. The molecule has 25 heavy (non-hydrogen) atoms. The average Bonchev–Trinajstić information content (AvgIpc) is 3.01. The van der Waals surface area contributed by atoms with Crippen LogP contribution in [0.2, 0.25) is 0 Å². The monoisotopic (exact) mass is 405 g/mol. The highest BCUT2D eigenvalue weighted by atomic mass is 79.9. The number of benzene rings is 1. The smallest absolute Gasteiger partial charge is 0.331 e. The van der Waals surface area contributed by atoms with Crippen LogP contribution >= 0.6 is 15.9 Å². The maximum atomic E-state index is 12.8. The van der Waals surface area contributed by atoms with Crippen LogP contribution < -0.4 is 5.56 Å². The Balaban J connectivity index is 2.12. The predicted molar refractivity (Wildman–Crippen MR) is 94.6 cm³/mol. The molecule has 130 valence electrons. The summed E-state index contributed by atoms with van der Waals surface area (Å²) in [7, 11) is 0. The van der Waals surface area contributed by atoms with E-state index >= 15 is 0 Å². The van der Waals surface area contributed by atoms with Crippen LogP contribution in [0.25, 0.3) is 16.9 Å². The molecule has 0 fully saturated rings. The number of halogens is 1. The highest BCUT2D eigenvalue weighted by Crippen LogP contribution is 2.18. The first-order chi connectivity index (χ1) is 11.9. The van der Waals surface area contributed by atoms with Crippen LogP contribution in [-0.4, -0.2) is 37.1 Å². The van der Waals surface area contributed by atoms with Crippen molar-refractivity contribution in [3.63, 3.8) is 0 Å². The van der Waals surface area contributed by atoms with E-state index in [0.29, 0.717) is 5.65 Å². The van der Waals surface area contributed by atoms with Crippen LogP contribution in [0, 0.1) is 0 Å². The van der Waals surface area contributed by atoms with Gasteiger partial charge in [0.25, 0.3) is 5.56 Å². The van der Waals surface area contributed by atoms with Crippen molar-refractivity contribution in [2.75, 3.05) is 6.61 Å². The van der Waals surface area contributed by atoms with Crippen LogP contribution in [0.3, 0.4) is 0 Å². The highest BCUT2D eigenvalue weighted by molar-refractivity contribution is 9.10. The standard InChI is InChI=1S/C16H16BrN5O3/c1-4-25-15(24)16(2,3)21-9-18-13-12(14(21)23)19-20-22(13)11-7-5-10(17)6-8-11/h5-9H,4H2,1-3H3. The molecule has 0 atom stereocenters. The van der Waals surface area contributed by atoms with Crippen molar-refractivity contribution >= 4 is 33.1 Å². The van der Waals surface area contributed by atoms with E-state index in [2.05, 4.69) is 31.2 Å². The normalized spacial score (nSPS) is 11.7. The Morgan fingerprint density at radius 1 is 1.28 bits per heavy atom. The Morgan fingerprint density at radius 3 is 2.60 bits per heavy atom. The van der Waals surface area contributed by atoms with Crippen molar-refractivity contribution in [1.29, 1.82) is 0 Å². The van der Waals surface area contributed by atoms with Crippen molar-refractivity contribution < 1.29 is 9.53 Å². The van der Waals surface area contributed by atoms with Crippen LogP contribution in [0.15, 0.2) is 39.9 Å². The predicted octanol–water partition coefficient (Wildman–Crippen LogP) is 2.04. The van der Waals surface area contributed by atoms with Crippen molar-refractivity contribution in [2.45, 2.75) is 26.3 Å². The summed E-state index contributed by atoms with van der Waals surface area (Å²) in [5, 5.41) is 7.97. The lowest BCUT2D eigenvalue weighted by Gasteiger charge is -2.24. The van der Waals surface area contributed by atoms with E-state index in [1.165, 1.54) is 15.6 Å². The lowest BCUT2D eigenvalue weighted by Crippen LogP contribution is -2.44. The third-order valence-corrected chi connectivity index (χ3v) is 4.34. The molecule has 0 N–H and O–H groups in total. The van der Waals surface area contributed by atoms with Gasteiger partial charge in [0.1, 0.15) is 11.9 Å². The molecule has 2 aromatic heterocycles. The molecule has 9 heteroatoms. The number of fused-ring (bicyclic) bond motifs is 1. The SMILES string of the molecule is CCOC(=O)C(C)(C)n1cnc2c(nnn2-c2ccc(Br)cc2)c1=O. The van der Waals surface area contributed by atoms with Crippen molar-refractivity contribution in [1.82, 2.24) is 24.5 Å². The summed E-state index contributed by atoms with van der Waals surface area (Å²) >= 11 is 3.37. The molecule has 8 nitrogen and oxygen atoms in total. The molecular formula is C16H16BrN5O3. The third-order valence-electron chi connectivity index (χ3n) is 3.81. The second-order valence-electron chi connectivity index (χ2n) is 5.85. The van der Waals surface area contributed by atoms with E-state index in [1.807, 2.05) is 24.3 Å². The Kier molecular flexibility index (Phi) is 4.42. The van der Waals surface area contributed by atoms with Gasteiger partial charge in [-0.3, -0.25) is 9.36 Å². The molecule has 0 radical (unpaired) electrons. The van der Waals surface area contributed by atoms with Crippen molar-refractivity contribution in [3.05, 3.63) is 45.4 Å². The first-order valence-electron chi connectivity index (χ1n) is 7.63. The molecular weight excluding hydrogens is 390 g/mol. The molecule has 0 aliphatic heterocycles. The van der Waals surface area contributed by atoms with Gasteiger partial charge in [-0.15, -0.1) is 5.10 Å². The fourth-order valence-electron chi connectivity index (χ4n) is 2.37. The number of carbonyl (C=O) groups excluding carboxylic acids is 1. The largest absolute Gasteiger partial charge is 0.464 e. The second-order valence-corrected chi connectivity index (χ2v) is 6.76. The molecule has 1 aromatic carbocycles. The summed E-state index contributed by atoms with van der Waals surface area (Å²) in [5.41, 5.74) is -0.521. The molecule has 0 bridgehead atoms. The summed E-state index contributed by atoms with van der Waals surface area (Å²) in [4.78, 5) is 29.2. The molecule has 0 aliphatic carbocycles. The maximum absolute atomic E-state index is 12.8. The van der Waals surface area contributed by atoms with Crippen LogP contribution in [0.4, 0.5) is 0 Å². The Morgan fingerprint density at radius 2 is 1.96 bits per heavy atom. The van der Waals surface area contributed by atoms with Gasteiger partial charge in [0.05, 0.1) is 12.3 Å². The zero-order chi connectivity index (χ0) is 18.2. The zero-order valence-electron chi connectivity index (χ0n) is 13.9. The van der Waals surface area contributed by atoms with Gasteiger partial charge in [-0.05, 0) is 45.0 Å². The molecule has 0 saturated carbocycles. The van der Waals surface area contributed by atoms with Gasteiger partial charge < -0.3 is 4.74 Å². The molecule has 0 spiro atoms. The van der Waals surface area contributed by atoms with E-state index in [1.54, 1.807) is 20.8 Å². The molecule has 0 aliphatic rings. The number of hydrogen-bond donors (Lipinski definition) is 0. The number of aromatic nitrogens is 5. The molecule has 0 unspecified atom stereocenters. The number of carbonyl (C=O) groups is 1. The van der Waals surface area contributed by atoms with E-state index in [4.69, 9.17) is 4.74 Å². The lowest BCUT2D eigenvalue weighted by atomic mass is 10.1. The molecule has 2 heterocycles. The first kappa shape index (κ1) is 17.3. The van der Waals surface area contributed by atoms with Gasteiger partial charge in [0.2, 0.25) is 0 Å². The van der Waals surface area contributed by atoms with E-state index < -0.39 is 17.1 Å². The summed E-state index contributed by atoms with van der Waals surface area (Å²) in [6, 6.07) is 7.36. The van der Waals surface area contributed by atoms with Crippen molar-refractivity contribution in [3.8, 4) is 5.69 Å². The van der Waals surface area contributed by atoms with E-state index in [-0.39, 0.29) is 12.1 Å². The van der Waals surface area contributed by atoms with Gasteiger partial charge in [-0.2, -0.15) is 4.68 Å². The Bertz CT molecular complexity index is 991. The van der Waals surface area contributed by atoms with Crippen molar-refractivity contribution in [2.24, 2.45) is 0 Å². The molecule has 3 aromatic rings. The Labute approximate surface area is 151 Å². The summed E-state index contributed by atoms with van der Waals surface area (Å²) < 4.78 is 8.66. The molecule has 0 saturated heterocycles. The van der Waals surface area contributed by atoms with Crippen LogP contribution in [0.1, 0.15) is 20.8 Å². The fourth-order valence-corrected chi connectivity index (χ4v) is 2.63. The van der Waals surface area contributed by atoms with E-state index in [0.717, 1.165) is 10.2 Å². The van der Waals surface area contributed by atoms with E-state index in [9.17, 15) is 9.59 Å². The van der Waals surface area contributed by atoms with Crippen LogP contribution in [-0.2, 0) is 15.1 Å². The van der Waals surface area contributed by atoms with Gasteiger partial charge in [0, 0.05) is 4.47 Å². The topological polar surface area (TPSA) is 91.9 Å². The minimum atomic E-state index is -1.20. The first-order valence-corrected chi connectivity index (χ1v) is 8.42. The number of hydrogen-bond acceptors (Lipinski definition) is 6. The fraction of sp³-hybridized carbons (Fsp3) is 0.312. The molecule has 0 amide bonds. The number of esters is 1. The Hall–Kier alpha value is -2.55. The van der Waals surface area contributed by atoms with Gasteiger partial charge in [0.15, 0.2) is 11.2 Å². The highest BCUT2D eigenvalue weighted by Gasteiger charge is 2.33. The zero-order valence-corrected chi connectivity index (χ0v) is 15.5. The summed E-state index contributed by atoms with van der Waals surface area (Å²) in [6.45, 7) is 5.13. The third kappa shape index (κ3) is 2.95. The lowest BCUT2D eigenvalue weighted by molar-refractivity contribution is -0.152. The van der Waals surface area contributed by atoms with Gasteiger partial charge in [-0.1, -0.05) is 21.1 Å². The second kappa shape index (κ2) is 6.40. The van der Waals surface area contributed by atoms with Crippen LogP contribution in [0.5, 0.6) is 0 Å². The number of nitrogens with zero attached hydrogens (tertiary/aromatic N) is 5. The minimum absolute atomic E-state index is 0.0859. The number of ether oxygens (including phenoxy) is 1. The average molecular weight is 406 g/mol. The maximum Gasteiger partial charge on any atom is 0.331 e. The molecule has 3 rings (SSSR count). The quantitative estimate of drug-likeness (QED) is 0.616. The summed E-state index contributed by atoms with van der Waals surface area (Å²) in [5.74, 6) is -0.515.